The molecule has 0 aromatic heterocycles. The summed E-state index contributed by atoms with van der Waals surface area (Å²) in [5.41, 5.74) is 1.07. The normalized spacial score (nSPS) is 26.0. The molecule has 38 heavy (non-hydrogen) atoms. The van der Waals surface area contributed by atoms with E-state index in [1.165, 1.54) is 0 Å². The highest BCUT2D eigenvalue weighted by Gasteiger charge is 2.43. The molecule has 4 aliphatic rings. The molecule has 3 unspecified atom stereocenters. The minimum atomic E-state index is -0.0432. The standard InChI is InChI=1S/C29H40N4O4S/c1-2-37-23-8-4-3-7-21(23)11-12-26(35)32-16-13-29(14-17-32)15-18-33(20-29)25(34)10-6-5-9-24-27-22(19-38-24)30-28(36)31-27/h3-4,7-8,11-12,22,24,27H,2,5-6,9-10,13-20H2,1H3,(H2,30,31,36). The molecule has 1 aromatic rings. The number of carbonyl (C=O) groups is 3. The van der Waals surface area contributed by atoms with Crippen molar-refractivity contribution >= 4 is 35.7 Å². The van der Waals surface area contributed by atoms with Crippen LogP contribution in [0.4, 0.5) is 4.79 Å². The van der Waals surface area contributed by atoms with E-state index in [4.69, 9.17) is 4.74 Å². The summed E-state index contributed by atoms with van der Waals surface area (Å²) in [6, 6.07) is 8.21. The number of likely N-dealkylation sites (tertiary alicyclic amines) is 2. The van der Waals surface area contributed by atoms with Gasteiger partial charge in [-0.15, -0.1) is 0 Å². The number of benzene rings is 1. The fourth-order valence-corrected chi connectivity index (χ4v) is 7.90. The zero-order valence-corrected chi connectivity index (χ0v) is 23.1. The number of fused-ring (bicyclic) bond motifs is 1. The van der Waals surface area contributed by atoms with E-state index in [0.717, 1.165) is 81.8 Å². The van der Waals surface area contributed by atoms with E-state index in [2.05, 4.69) is 15.5 Å². The first kappa shape index (κ1) is 26.9. The molecule has 0 saturated carbocycles. The predicted molar refractivity (Wildman–Crippen MR) is 150 cm³/mol. The Morgan fingerprint density at radius 1 is 1.11 bits per heavy atom. The molecule has 2 N–H and O–H groups in total. The van der Waals surface area contributed by atoms with Gasteiger partial charge in [-0.05, 0) is 56.6 Å². The van der Waals surface area contributed by atoms with Gasteiger partial charge in [0.1, 0.15) is 5.75 Å². The Balaban J connectivity index is 1.02. The Labute approximate surface area is 229 Å². The van der Waals surface area contributed by atoms with E-state index in [-0.39, 0.29) is 35.3 Å². The summed E-state index contributed by atoms with van der Waals surface area (Å²) in [5, 5.41) is 6.48. The largest absolute Gasteiger partial charge is 0.493 e. The van der Waals surface area contributed by atoms with Gasteiger partial charge in [-0.1, -0.05) is 24.6 Å². The summed E-state index contributed by atoms with van der Waals surface area (Å²) >= 11 is 1.93. The van der Waals surface area contributed by atoms with Gasteiger partial charge in [-0.3, -0.25) is 9.59 Å². The summed E-state index contributed by atoms with van der Waals surface area (Å²) in [5.74, 6) is 2.07. The number of rotatable bonds is 9. The third-order valence-electron chi connectivity index (χ3n) is 8.62. The van der Waals surface area contributed by atoms with Crippen LogP contribution in [0.5, 0.6) is 5.75 Å². The fraction of sp³-hybridized carbons (Fsp3) is 0.621. The summed E-state index contributed by atoms with van der Waals surface area (Å²) in [6.07, 6.45) is 10.00. The number of urea groups is 1. The second-order valence-electron chi connectivity index (χ2n) is 11.1. The van der Waals surface area contributed by atoms with E-state index >= 15 is 0 Å². The molecule has 5 rings (SSSR count). The van der Waals surface area contributed by atoms with Crippen molar-refractivity contribution in [1.82, 2.24) is 20.4 Å². The topological polar surface area (TPSA) is 91.0 Å². The van der Waals surface area contributed by atoms with Gasteiger partial charge in [0, 0.05) is 55.2 Å². The molecule has 4 amide bonds. The van der Waals surface area contributed by atoms with Crippen molar-refractivity contribution < 1.29 is 19.1 Å². The summed E-state index contributed by atoms with van der Waals surface area (Å²) in [7, 11) is 0. The summed E-state index contributed by atoms with van der Waals surface area (Å²) < 4.78 is 5.65. The molecular weight excluding hydrogens is 500 g/mol. The second-order valence-corrected chi connectivity index (χ2v) is 12.3. The van der Waals surface area contributed by atoms with Crippen LogP contribution in [-0.4, -0.2) is 83.5 Å². The maximum atomic E-state index is 12.9. The van der Waals surface area contributed by atoms with E-state index in [9.17, 15) is 14.4 Å². The molecule has 0 aliphatic carbocycles. The molecule has 0 bridgehead atoms. The molecular formula is C29H40N4O4S. The van der Waals surface area contributed by atoms with Crippen molar-refractivity contribution in [3.05, 3.63) is 35.9 Å². The molecule has 0 radical (unpaired) electrons. The number of thioether (sulfide) groups is 1. The van der Waals surface area contributed by atoms with Crippen LogP contribution in [0.25, 0.3) is 6.08 Å². The number of hydrogen-bond donors (Lipinski definition) is 2. The lowest BCUT2D eigenvalue weighted by atomic mass is 9.78. The average Bonchev–Trinajstić information content (AvgIpc) is 3.61. The number of ether oxygens (including phenoxy) is 1. The van der Waals surface area contributed by atoms with Gasteiger partial charge in [0.2, 0.25) is 11.8 Å². The van der Waals surface area contributed by atoms with Crippen LogP contribution in [0, 0.1) is 5.41 Å². The zero-order valence-electron chi connectivity index (χ0n) is 22.3. The molecule has 8 nitrogen and oxygen atoms in total. The van der Waals surface area contributed by atoms with E-state index < -0.39 is 0 Å². The Kier molecular flexibility index (Phi) is 8.51. The van der Waals surface area contributed by atoms with Crippen LogP contribution in [0.1, 0.15) is 57.4 Å². The van der Waals surface area contributed by atoms with Crippen LogP contribution in [-0.2, 0) is 9.59 Å². The highest BCUT2D eigenvalue weighted by Crippen LogP contribution is 2.41. The fourth-order valence-electron chi connectivity index (χ4n) is 6.35. The number of para-hydroxylation sites is 1. The first-order valence-electron chi connectivity index (χ1n) is 14.1. The first-order valence-corrected chi connectivity index (χ1v) is 15.2. The molecule has 4 heterocycles. The van der Waals surface area contributed by atoms with Crippen LogP contribution in [0.15, 0.2) is 30.3 Å². The predicted octanol–water partition coefficient (Wildman–Crippen LogP) is 3.67. The lowest BCUT2D eigenvalue weighted by molar-refractivity contribution is -0.132. The van der Waals surface area contributed by atoms with Crippen LogP contribution < -0.4 is 15.4 Å². The third-order valence-corrected chi connectivity index (χ3v) is 10.1. The summed E-state index contributed by atoms with van der Waals surface area (Å²) in [6.45, 7) is 5.68. The van der Waals surface area contributed by atoms with E-state index in [0.29, 0.717) is 18.3 Å². The van der Waals surface area contributed by atoms with Gasteiger partial charge >= 0.3 is 6.03 Å². The van der Waals surface area contributed by atoms with Crippen molar-refractivity contribution in [3.8, 4) is 5.75 Å². The van der Waals surface area contributed by atoms with Gasteiger partial charge in [0.05, 0.1) is 18.7 Å². The Morgan fingerprint density at radius 3 is 2.66 bits per heavy atom. The number of unbranched alkanes of at least 4 members (excludes halogenated alkanes) is 1. The Morgan fingerprint density at radius 2 is 1.87 bits per heavy atom. The maximum Gasteiger partial charge on any atom is 0.315 e. The number of nitrogens with zero attached hydrogens (tertiary/aromatic N) is 2. The summed E-state index contributed by atoms with van der Waals surface area (Å²) in [4.78, 5) is 41.3. The van der Waals surface area contributed by atoms with Crippen LogP contribution in [0.2, 0.25) is 0 Å². The van der Waals surface area contributed by atoms with Crippen LogP contribution in [0.3, 0.4) is 0 Å². The number of carbonyl (C=O) groups excluding carboxylic acids is 3. The SMILES string of the molecule is CCOc1ccccc1C=CC(=O)N1CCC2(CC1)CCN(C(=O)CCCCC1SCC3NC(=O)NC31)C2. The van der Waals surface area contributed by atoms with Crippen molar-refractivity contribution in [2.24, 2.45) is 5.41 Å². The minimum absolute atomic E-state index is 0.0387. The van der Waals surface area contributed by atoms with Crippen molar-refractivity contribution in [2.75, 3.05) is 38.5 Å². The smallest absolute Gasteiger partial charge is 0.315 e. The van der Waals surface area contributed by atoms with Gasteiger partial charge in [-0.25, -0.2) is 4.79 Å². The van der Waals surface area contributed by atoms with Crippen molar-refractivity contribution in [2.45, 2.75) is 69.2 Å². The van der Waals surface area contributed by atoms with Gasteiger partial charge in [0.15, 0.2) is 0 Å². The maximum absolute atomic E-state index is 12.9. The Hall–Kier alpha value is -2.68. The molecule has 4 aliphatic heterocycles. The highest BCUT2D eigenvalue weighted by atomic mass is 32.2. The van der Waals surface area contributed by atoms with E-state index in [1.807, 2.05) is 53.9 Å². The molecule has 4 fully saturated rings. The molecule has 4 saturated heterocycles. The number of hydrogen-bond acceptors (Lipinski definition) is 5. The van der Waals surface area contributed by atoms with Gasteiger partial charge < -0.3 is 25.2 Å². The zero-order chi connectivity index (χ0) is 26.5. The number of nitrogens with one attached hydrogen (secondary N) is 2. The first-order chi connectivity index (χ1) is 18.5. The van der Waals surface area contributed by atoms with Crippen LogP contribution >= 0.6 is 11.8 Å². The van der Waals surface area contributed by atoms with Crippen molar-refractivity contribution in [3.63, 3.8) is 0 Å². The lowest BCUT2D eigenvalue weighted by Gasteiger charge is -2.39. The third kappa shape index (κ3) is 6.14. The second kappa shape index (κ2) is 12.0. The lowest BCUT2D eigenvalue weighted by Crippen LogP contribution is -2.44. The molecule has 1 spiro atoms. The molecule has 1 aromatic carbocycles. The minimum Gasteiger partial charge on any atom is -0.493 e. The Bertz CT molecular complexity index is 1050. The number of piperidine rings is 1. The quantitative estimate of drug-likeness (QED) is 0.283. The van der Waals surface area contributed by atoms with Gasteiger partial charge in [0.25, 0.3) is 0 Å². The monoisotopic (exact) mass is 540 g/mol. The average molecular weight is 541 g/mol. The van der Waals surface area contributed by atoms with Gasteiger partial charge in [-0.2, -0.15) is 11.8 Å². The number of amides is 4. The van der Waals surface area contributed by atoms with Crippen molar-refractivity contribution in [1.29, 1.82) is 0 Å². The highest BCUT2D eigenvalue weighted by molar-refractivity contribution is 8.00. The molecule has 206 valence electrons. The molecule has 9 heteroatoms. The van der Waals surface area contributed by atoms with E-state index in [1.54, 1.807) is 6.08 Å². The molecule has 3 atom stereocenters.